The molecule has 0 saturated carbocycles. The molecule has 0 radical (unpaired) electrons. The van der Waals surface area contributed by atoms with Gasteiger partial charge in [0.2, 0.25) is 11.8 Å². The Morgan fingerprint density at radius 1 is 0.659 bits per heavy atom. The number of ketones is 1. The molecule has 0 aromatic rings. The summed E-state index contributed by atoms with van der Waals surface area (Å²) in [4.78, 5) is 38.2. The van der Waals surface area contributed by atoms with E-state index in [2.05, 4.69) is 58.4 Å². The monoisotopic (exact) mass is 826 g/mol. The van der Waals surface area contributed by atoms with E-state index in [-0.39, 0.29) is 63.5 Å². The first-order chi connectivity index (χ1) is 20.3. The average Bonchev–Trinajstić information content (AvgIpc) is 2.93. The molecule has 15 heteroatoms. The second-order valence-corrected chi connectivity index (χ2v) is 18.0. The van der Waals surface area contributed by atoms with Crippen molar-refractivity contribution in [1.29, 1.82) is 0 Å². The second kappa shape index (κ2) is 22.4. The molecular weight excluding hydrogens is 776 g/mol. The summed E-state index contributed by atoms with van der Waals surface area (Å²) in [5.74, 6) is -0.441. The van der Waals surface area contributed by atoms with Crippen LogP contribution in [-0.2, 0) is 38.1 Å². The third-order valence-corrected chi connectivity index (χ3v) is 7.45. The molecule has 0 fully saturated rings. The van der Waals surface area contributed by atoms with Gasteiger partial charge in [-0.15, -0.1) is 0 Å². The molecule has 0 rings (SSSR count). The van der Waals surface area contributed by atoms with E-state index in [1.54, 1.807) is 41.5 Å². The van der Waals surface area contributed by atoms with E-state index in [9.17, 15) is 19.5 Å². The largest absolute Gasteiger partial charge is 0.394 e. The van der Waals surface area contributed by atoms with Gasteiger partial charge in [0.25, 0.3) is 0 Å². The highest BCUT2D eigenvalue weighted by atomic mass is 79.9. The number of Topliss-reactive ketones (excluding diaryl/α,β-unsaturated/α-hetero) is 1. The summed E-state index contributed by atoms with van der Waals surface area (Å²) < 4.78 is 25.3. The quantitative estimate of drug-likeness (QED) is 0.0716. The van der Waals surface area contributed by atoms with E-state index >= 15 is 0 Å². The third kappa shape index (κ3) is 21.5. The molecule has 4 N–H and O–H groups in total. The number of aliphatic hydroxyl groups is 2. The maximum Gasteiger partial charge on any atom is 0.236 e. The summed E-state index contributed by atoms with van der Waals surface area (Å²) >= 11 is 10.2. The SMILES string of the molecule is CC(C)(Br)C(=O)CCC(CNC(=O)C(C)(C)Br)(CNC(=O)C(C)(C)Br)COCCOCCOCCOCCOCC(O)CO. The van der Waals surface area contributed by atoms with Crippen LogP contribution in [0.5, 0.6) is 0 Å². The van der Waals surface area contributed by atoms with Crippen LogP contribution in [0.15, 0.2) is 0 Å². The van der Waals surface area contributed by atoms with Crippen LogP contribution in [0.2, 0.25) is 0 Å². The standard InChI is InChI=1S/C29H53Br3N2O10/c1-26(2,30)23(37)7-8-29(19-33-24(38)27(3,4)31,20-34-25(39)28(5,6)32)21-44-16-14-42-12-10-40-9-11-41-13-15-43-18-22(36)17-35/h22,35-36H,7-21H2,1-6H3,(H,33,38)(H,34,39). The molecule has 0 heterocycles. The molecule has 0 aliphatic rings. The summed E-state index contributed by atoms with van der Waals surface area (Å²) in [5.41, 5.74) is -0.761. The predicted octanol–water partition coefficient (Wildman–Crippen LogP) is 2.51. The molecule has 0 bridgehead atoms. The van der Waals surface area contributed by atoms with Crippen LogP contribution in [0.4, 0.5) is 0 Å². The molecule has 0 saturated heterocycles. The van der Waals surface area contributed by atoms with Crippen LogP contribution >= 0.6 is 47.8 Å². The first-order valence-corrected chi connectivity index (χ1v) is 17.1. The number of hydrogen-bond acceptors (Lipinski definition) is 10. The number of ether oxygens (including phenoxy) is 5. The highest BCUT2D eigenvalue weighted by Gasteiger charge is 2.37. The highest BCUT2D eigenvalue weighted by molar-refractivity contribution is 9.10. The third-order valence-electron chi connectivity index (χ3n) is 6.29. The highest BCUT2D eigenvalue weighted by Crippen LogP contribution is 2.29. The normalized spacial score (nSPS) is 13.5. The summed E-state index contributed by atoms with van der Waals surface area (Å²) in [6.07, 6.45) is -0.284. The van der Waals surface area contributed by atoms with Crippen molar-refractivity contribution in [3.05, 3.63) is 0 Å². The lowest BCUT2D eigenvalue weighted by Gasteiger charge is -2.36. The maximum atomic E-state index is 12.8. The van der Waals surface area contributed by atoms with Crippen molar-refractivity contribution in [3.8, 4) is 0 Å². The Morgan fingerprint density at radius 2 is 1.05 bits per heavy atom. The lowest BCUT2D eigenvalue weighted by atomic mass is 9.81. The molecule has 2 amide bonds. The number of aliphatic hydroxyl groups excluding tert-OH is 2. The molecule has 0 aromatic heterocycles. The van der Waals surface area contributed by atoms with E-state index in [4.69, 9.17) is 28.8 Å². The zero-order valence-corrected chi connectivity index (χ0v) is 31.7. The number of amides is 2. The van der Waals surface area contributed by atoms with Gasteiger partial charge in [0.05, 0.1) is 85.6 Å². The molecule has 260 valence electrons. The van der Waals surface area contributed by atoms with E-state index in [0.717, 1.165) is 0 Å². The molecule has 0 aliphatic heterocycles. The Kier molecular flexibility index (Phi) is 22.2. The van der Waals surface area contributed by atoms with Crippen molar-refractivity contribution in [2.75, 3.05) is 85.8 Å². The van der Waals surface area contributed by atoms with Gasteiger partial charge in [0.1, 0.15) is 11.9 Å². The fraction of sp³-hybridized carbons (Fsp3) is 0.897. The molecule has 0 aliphatic carbocycles. The van der Waals surface area contributed by atoms with Crippen molar-refractivity contribution in [3.63, 3.8) is 0 Å². The molecular formula is C29H53Br3N2O10. The van der Waals surface area contributed by atoms with E-state index in [1.807, 2.05) is 0 Å². The minimum Gasteiger partial charge on any atom is -0.394 e. The summed E-state index contributed by atoms with van der Waals surface area (Å²) in [6.45, 7) is 13.6. The zero-order valence-electron chi connectivity index (χ0n) is 27.0. The number of hydrogen-bond donors (Lipinski definition) is 4. The zero-order chi connectivity index (χ0) is 33.9. The van der Waals surface area contributed by atoms with Gasteiger partial charge in [-0.05, 0) is 48.0 Å². The lowest BCUT2D eigenvalue weighted by Crippen LogP contribution is -2.52. The number of carbonyl (C=O) groups is 3. The van der Waals surface area contributed by atoms with Gasteiger partial charge in [0, 0.05) is 24.9 Å². The van der Waals surface area contributed by atoms with Crippen molar-refractivity contribution >= 4 is 65.4 Å². The van der Waals surface area contributed by atoms with Gasteiger partial charge in [-0.3, -0.25) is 14.4 Å². The predicted molar refractivity (Wildman–Crippen MR) is 179 cm³/mol. The van der Waals surface area contributed by atoms with Crippen LogP contribution in [0.25, 0.3) is 0 Å². The minimum atomic E-state index is -0.882. The molecule has 12 nitrogen and oxygen atoms in total. The van der Waals surface area contributed by atoms with E-state index in [1.165, 1.54) is 0 Å². The Bertz CT molecular complexity index is 756. The van der Waals surface area contributed by atoms with Crippen molar-refractivity contribution in [2.24, 2.45) is 5.41 Å². The Labute approximate surface area is 287 Å². The second-order valence-electron chi connectivity index (χ2n) is 12.0. The lowest BCUT2D eigenvalue weighted by molar-refractivity contribution is -0.124. The van der Waals surface area contributed by atoms with Crippen LogP contribution in [-0.4, -0.2) is 133 Å². The number of carbonyl (C=O) groups excluding carboxylic acids is 3. The Hall–Kier alpha value is -0.230. The van der Waals surface area contributed by atoms with Crippen molar-refractivity contribution in [2.45, 2.75) is 73.5 Å². The topological polar surface area (TPSA) is 162 Å². The summed E-state index contributed by atoms with van der Waals surface area (Å²) in [7, 11) is 0. The number of halogens is 3. The van der Waals surface area contributed by atoms with Crippen LogP contribution < -0.4 is 10.6 Å². The smallest absolute Gasteiger partial charge is 0.236 e. The average molecular weight is 829 g/mol. The Balaban J connectivity index is 4.86. The van der Waals surface area contributed by atoms with Gasteiger partial charge in [-0.2, -0.15) is 0 Å². The number of nitrogens with one attached hydrogen (secondary N) is 2. The summed E-state index contributed by atoms with van der Waals surface area (Å²) in [5, 5.41) is 23.8. The molecule has 1 atom stereocenters. The first-order valence-electron chi connectivity index (χ1n) is 14.7. The molecule has 0 aromatic carbocycles. The van der Waals surface area contributed by atoms with Gasteiger partial charge in [0.15, 0.2) is 0 Å². The van der Waals surface area contributed by atoms with E-state index in [0.29, 0.717) is 52.7 Å². The maximum absolute atomic E-state index is 12.8. The molecule has 1 unspecified atom stereocenters. The molecule has 44 heavy (non-hydrogen) atoms. The van der Waals surface area contributed by atoms with Gasteiger partial charge < -0.3 is 44.5 Å². The van der Waals surface area contributed by atoms with Gasteiger partial charge in [-0.1, -0.05) is 47.8 Å². The van der Waals surface area contributed by atoms with Crippen molar-refractivity contribution < 1.29 is 48.3 Å². The fourth-order valence-corrected chi connectivity index (χ4v) is 3.86. The van der Waals surface area contributed by atoms with Crippen LogP contribution in [0, 0.1) is 5.41 Å². The van der Waals surface area contributed by atoms with Gasteiger partial charge in [-0.25, -0.2) is 0 Å². The number of alkyl halides is 3. The fourth-order valence-electron chi connectivity index (χ4n) is 3.38. The Morgan fingerprint density at radius 3 is 1.41 bits per heavy atom. The molecule has 0 spiro atoms. The van der Waals surface area contributed by atoms with E-state index < -0.39 is 24.5 Å². The van der Waals surface area contributed by atoms with Crippen molar-refractivity contribution in [1.82, 2.24) is 10.6 Å². The number of rotatable bonds is 27. The van der Waals surface area contributed by atoms with Crippen LogP contribution in [0.1, 0.15) is 54.4 Å². The minimum absolute atomic E-state index is 0.00104. The van der Waals surface area contributed by atoms with Crippen LogP contribution in [0.3, 0.4) is 0 Å². The first kappa shape index (κ1) is 43.8. The summed E-state index contributed by atoms with van der Waals surface area (Å²) in [6, 6.07) is 0. The van der Waals surface area contributed by atoms with Gasteiger partial charge >= 0.3 is 0 Å².